The lowest BCUT2D eigenvalue weighted by Gasteiger charge is -2.11. The quantitative estimate of drug-likeness (QED) is 0.424. The Morgan fingerprint density at radius 2 is 2.00 bits per heavy atom. The van der Waals surface area contributed by atoms with Crippen molar-refractivity contribution >= 4 is 12.1 Å². The third kappa shape index (κ3) is 3.56. The molecule has 1 aromatic carbocycles. The Morgan fingerprint density at radius 1 is 1.25 bits per heavy atom. The molecule has 0 amide bonds. The average Bonchev–Trinajstić information content (AvgIpc) is 2.88. The molecule has 126 valence electrons. The first-order valence-electron chi connectivity index (χ1n) is 7.58. The summed E-state index contributed by atoms with van der Waals surface area (Å²) in [4.78, 5) is 23.4. The number of allylic oxidation sites excluding steroid dienone is 1. The molecule has 0 spiro atoms. The summed E-state index contributed by atoms with van der Waals surface area (Å²) in [6.07, 6.45) is 2.51. The minimum absolute atomic E-state index is 0.128. The smallest absolute Gasteiger partial charge is 0.202 e. The normalized spacial score (nSPS) is 10.3. The van der Waals surface area contributed by atoms with Crippen LogP contribution in [-0.4, -0.2) is 30.4 Å². The van der Waals surface area contributed by atoms with Crippen molar-refractivity contribution in [3.05, 3.63) is 59.4 Å². The Morgan fingerprint density at radius 3 is 2.62 bits per heavy atom. The molecule has 24 heavy (non-hydrogen) atoms. The maximum Gasteiger partial charge on any atom is 0.202 e. The number of methoxy groups -OCH3 is 1. The minimum Gasteiger partial charge on any atom is -0.493 e. The standard InChI is InChI=1S/C19H21NO4/c1-5-8-20-13(2)9-16(14(20)3)17(22)12-24-19-10-15(11-21)6-7-18(19)23-4/h5-7,9-11H,1,8,12H2,2-4H3. The Hall–Kier alpha value is -2.82. The number of carbonyl (C=O) groups is 2. The van der Waals surface area contributed by atoms with Gasteiger partial charge in [0.1, 0.15) is 6.29 Å². The molecule has 0 aliphatic rings. The lowest BCUT2D eigenvalue weighted by molar-refractivity contribution is 0.0918. The van der Waals surface area contributed by atoms with E-state index in [1.54, 1.807) is 24.3 Å². The second-order valence-corrected chi connectivity index (χ2v) is 5.42. The van der Waals surface area contributed by atoms with Gasteiger partial charge in [-0.05, 0) is 38.1 Å². The maximum atomic E-state index is 12.5. The van der Waals surface area contributed by atoms with Crippen molar-refractivity contribution in [3.8, 4) is 11.5 Å². The molecule has 0 saturated heterocycles. The van der Waals surface area contributed by atoms with Crippen molar-refractivity contribution in [2.75, 3.05) is 13.7 Å². The number of carbonyl (C=O) groups excluding carboxylic acids is 2. The predicted molar refractivity (Wildman–Crippen MR) is 92.3 cm³/mol. The first-order chi connectivity index (χ1) is 11.5. The number of hydrogen-bond donors (Lipinski definition) is 0. The number of aromatic nitrogens is 1. The van der Waals surface area contributed by atoms with Gasteiger partial charge in [0, 0.05) is 29.1 Å². The predicted octanol–water partition coefficient (Wildman–Crippen LogP) is 3.37. The summed E-state index contributed by atoms with van der Waals surface area (Å²) in [5, 5.41) is 0. The van der Waals surface area contributed by atoms with Crippen molar-refractivity contribution in [1.82, 2.24) is 4.57 Å². The highest BCUT2D eigenvalue weighted by molar-refractivity contribution is 5.98. The summed E-state index contributed by atoms with van der Waals surface area (Å²) < 4.78 is 12.8. The third-order valence-corrected chi connectivity index (χ3v) is 3.87. The van der Waals surface area contributed by atoms with Gasteiger partial charge in [0.05, 0.1) is 7.11 Å². The number of aryl methyl sites for hydroxylation is 1. The first kappa shape index (κ1) is 17.5. The second-order valence-electron chi connectivity index (χ2n) is 5.42. The monoisotopic (exact) mass is 327 g/mol. The fourth-order valence-corrected chi connectivity index (χ4v) is 2.59. The third-order valence-electron chi connectivity index (χ3n) is 3.87. The van der Waals surface area contributed by atoms with Crippen molar-refractivity contribution in [2.45, 2.75) is 20.4 Å². The molecule has 0 radical (unpaired) electrons. The molecular formula is C19H21NO4. The summed E-state index contributed by atoms with van der Waals surface area (Å²) in [5.74, 6) is 0.720. The minimum atomic E-state index is -0.128. The Balaban J connectivity index is 2.18. The maximum absolute atomic E-state index is 12.5. The van der Waals surface area contributed by atoms with Gasteiger partial charge in [-0.3, -0.25) is 9.59 Å². The summed E-state index contributed by atoms with van der Waals surface area (Å²) in [6, 6.07) is 6.67. The van der Waals surface area contributed by atoms with Gasteiger partial charge in [0.2, 0.25) is 5.78 Å². The molecule has 1 aromatic heterocycles. The van der Waals surface area contributed by atoms with Crippen LogP contribution in [0.2, 0.25) is 0 Å². The van der Waals surface area contributed by atoms with Crippen LogP contribution in [0.3, 0.4) is 0 Å². The zero-order valence-corrected chi connectivity index (χ0v) is 14.2. The highest BCUT2D eigenvalue weighted by Crippen LogP contribution is 2.28. The van der Waals surface area contributed by atoms with Crippen LogP contribution < -0.4 is 9.47 Å². The fourth-order valence-electron chi connectivity index (χ4n) is 2.59. The fraction of sp³-hybridized carbons (Fsp3) is 0.263. The molecule has 0 saturated carbocycles. The number of ether oxygens (including phenoxy) is 2. The summed E-state index contributed by atoms with van der Waals surface area (Å²) in [7, 11) is 1.51. The van der Waals surface area contributed by atoms with Crippen molar-refractivity contribution < 1.29 is 19.1 Å². The molecular weight excluding hydrogens is 306 g/mol. The molecule has 5 heteroatoms. The topological polar surface area (TPSA) is 57.5 Å². The van der Waals surface area contributed by atoms with Gasteiger partial charge in [0.25, 0.3) is 0 Å². The van der Waals surface area contributed by atoms with E-state index < -0.39 is 0 Å². The van der Waals surface area contributed by atoms with Gasteiger partial charge in [-0.1, -0.05) is 6.08 Å². The van der Waals surface area contributed by atoms with Crippen LogP contribution in [0.5, 0.6) is 11.5 Å². The highest BCUT2D eigenvalue weighted by Gasteiger charge is 2.16. The number of hydrogen-bond acceptors (Lipinski definition) is 4. The molecule has 2 rings (SSSR count). The van der Waals surface area contributed by atoms with Crippen molar-refractivity contribution in [2.24, 2.45) is 0 Å². The average molecular weight is 327 g/mol. The van der Waals surface area contributed by atoms with Crippen LogP contribution in [0.25, 0.3) is 0 Å². The van der Waals surface area contributed by atoms with E-state index in [1.807, 2.05) is 24.5 Å². The van der Waals surface area contributed by atoms with E-state index in [1.165, 1.54) is 7.11 Å². The molecule has 0 atom stereocenters. The van der Waals surface area contributed by atoms with Crippen LogP contribution in [-0.2, 0) is 6.54 Å². The number of nitrogens with zero attached hydrogens (tertiary/aromatic N) is 1. The number of aldehydes is 1. The van der Waals surface area contributed by atoms with Gasteiger partial charge in [-0.25, -0.2) is 0 Å². The first-order valence-corrected chi connectivity index (χ1v) is 7.58. The van der Waals surface area contributed by atoms with E-state index in [2.05, 4.69) is 6.58 Å². The summed E-state index contributed by atoms with van der Waals surface area (Å²) in [6.45, 7) is 8.11. The van der Waals surface area contributed by atoms with Gasteiger partial charge < -0.3 is 14.0 Å². The molecule has 0 N–H and O–H groups in total. The molecule has 2 aromatic rings. The molecule has 0 fully saturated rings. The number of benzene rings is 1. The summed E-state index contributed by atoms with van der Waals surface area (Å²) in [5.41, 5.74) is 2.97. The van der Waals surface area contributed by atoms with Crippen LogP contribution in [0, 0.1) is 13.8 Å². The Labute approximate surface area is 141 Å². The SMILES string of the molecule is C=CCn1c(C)cc(C(=O)COc2cc(C=O)ccc2OC)c1C. The highest BCUT2D eigenvalue weighted by atomic mass is 16.5. The van der Waals surface area contributed by atoms with Gasteiger partial charge in [-0.2, -0.15) is 0 Å². The molecule has 1 heterocycles. The molecule has 0 bridgehead atoms. The molecule has 0 aliphatic heterocycles. The Kier molecular flexibility index (Phi) is 5.58. The van der Waals surface area contributed by atoms with E-state index in [4.69, 9.17) is 9.47 Å². The van der Waals surface area contributed by atoms with Gasteiger partial charge in [-0.15, -0.1) is 6.58 Å². The zero-order chi connectivity index (χ0) is 17.7. The van der Waals surface area contributed by atoms with Gasteiger partial charge in [0.15, 0.2) is 18.1 Å². The van der Waals surface area contributed by atoms with E-state index in [9.17, 15) is 9.59 Å². The van der Waals surface area contributed by atoms with E-state index in [0.717, 1.165) is 17.7 Å². The van der Waals surface area contributed by atoms with Crippen LogP contribution in [0.1, 0.15) is 32.1 Å². The van der Waals surface area contributed by atoms with Crippen LogP contribution in [0.4, 0.5) is 0 Å². The zero-order valence-electron chi connectivity index (χ0n) is 14.2. The summed E-state index contributed by atoms with van der Waals surface area (Å²) >= 11 is 0. The number of Topliss-reactive ketones (excluding diaryl/α,β-unsaturated/α-hetero) is 1. The number of rotatable bonds is 8. The van der Waals surface area contributed by atoms with E-state index in [-0.39, 0.29) is 12.4 Å². The van der Waals surface area contributed by atoms with Crippen molar-refractivity contribution in [1.29, 1.82) is 0 Å². The van der Waals surface area contributed by atoms with E-state index >= 15 is 0 Å². The molecule has 0 aliphatic carbocycles. The number of ketones is 1. The second kappa shape index (κ2) is 7.64. The lowest BCUT2D eigenvalue weighted by atomic mass is 10.1. The molecule has 0 unspecified atom stereocenters. The largest absolute Gasteiger partial charge is 0.493 e. The Bertz CT molecular complexity index is 774. The van der Waals surface area contributed by atoms with Crippen LogP contribution >= 0.6 is 0 Å². The van der Waals surface area contributed by atoms with Crippen LogP contribution in [0.15, 0.2) is 36.9 Å². The van der Waals surface area contributed by atoms with Gasteiger partial charge >= 0.3 is 0 Å². The van der Waals surface area contributed by atoms with Crippen molar-refractivity contribution in [3.63, 3.8) is 0 Å². The molecule has 5 nitrogen and oxygen atoms in total. The van der Waals surface area contributed by atoms with E-state index in [0.29, 0.717) is 29.2 Å². The lowest BCUT2D eigenvalue weighted by Crippen LogP contribution is -2.13.